The molecule has 0 spiro atoms. The molecule has 0 radical (unpaired) electrons. The van der Waals surface area contributed by atoms with Crippen LogP contribution in [-0.2, 0) is 6.54 Å². The van der Waals surface area contributed by atoms with Crippen molar-refractivity contribution in [2.45, 2.75) is 20.4 Å². The maximum Gasteiger partial charge on any atom is 0.264 e. The van der Waals surface area contributed by atoms with Gasteiger partial charge in [-0.3, -0.25) is 18.6 Å². The largest absolute Gasteiger partial charge is 0.292 e. The molecule has 8 heteroatoms. The Kier molecular flexibility index (Phi) is 4.06. The van der Waals surface area contributed by atoms with Gasteiger partial charge in [0.25, 0.3) is 11.1 Å². The van der Waals surface area contributed by atoms with Gasteiger partial charge in [0.15, 0.2) is 5.65 Å². The summed E-state index contributed by atoms with van der Waals surface area (Å²) in [4.78, 5) is 34.3. The summed E-state index contributed by atoms with van der Waals surface area (Å²) < 4.78 is 4.57. The molecule has 0 aliphatic carbocycles. The first-order valence-electron chi connectivity index (χ1n) is 9.49. The molecule has 0 atom stereocenters. The fourth-order valence-corrected chi connectivity index (χ4v) is 3.68. The average Bonchev–Trinajstić information content (AvgIpc) is 3.14. The van der Waals surface area contributed by atoms with Gasteiger partial charge < -0.3 is 0 Å². The Labute approximate surface area is 170 Å². The minimum atomic E-state index is -0.231. The van der Waals surface area contributed by atoms with Crippen LogP contribution in [0.2, 0.25) is 0 Å². The molecule has 0 N–H and O–H groups in total. The van der Waals surface area contributed by atoms with Crippen LogP contribution in [0.3, 0.4) is 0 Å². The van der Waals surface area contributed by atoms with Gasteiger partial charge in [-0.1, -0.05) is 12.1 Å². The van der Waals surface area contributed by atoms with Crippen LogP contribution in [0, 0.1) is 13.8 Å². The molecule has 0 aliphatic heterocycles. The van der Waals surface area contributed by atoms with E-state index < -0.39 is 0 Å². The van der Waals surface area contributed by atoms with E-state index in [1.807, 2.05) is 32.0 Å². The highest BCUT2D eigenvalue weighted by atomic mass is 16.1. The summed E-state index contributed by atoms with van der Waals surface area (Å²) in [5.41, 5.74) is 4.17. The summed E-state index contributed by atoms with van der Waals surface area (Å²) in [5.74, 6) is 0. The number of nitrogens with zero attached hydrogens (tertiary/aromatic N) is 6. The van der Waals surface area contributed by atoms with Gasteiger partial charge in [0.05, 0.1) is 24.1 Å². The molecule has 0 saturated carbocycles. The summed E-state index contributed by atoms with van der Waals surface area (Å²) in [5, 5.41) is 4.79. The van der Waals surface area contributed by atoms with Gasteiger partial charge in [-0.25, -0.2) is 14.6 Å². The van der Waals surface area contributed by atoms with Gasteiger partial charge >= 0.3 is 0 Å². The fraction of sp³-hybridized carbons (Fsp3) is 0.136. The van der Waals surface area contributed by atoms with Gasteiger partial charge in [-0.15, -0.1) is 0 Å². The second-order valence-corrected chi connectivity index (χ2v) is 7.33. The van der Waals surface area contributed by atoms with E-state index in [-0.39, 0.29) is 17.7 Å². The van der Waals surface area contributed by atoms with Crippen LogP contribution < -0.4 is 11.1 Å². The van der Waals surface area contributed by atoms with E-state index >= 15 is 0 Å². The van der Waals surface area contributed by atoms with E-state index in [0.29, 0.717) is 22.4 Å². The zero-order chi connectivity index (χ0) is 20.8. The van der Waals surface area contributed by atoms with Crippen molar-refractivity contribution in [3.63, 3.8) is 0 Å². The van der Waals surface area contributed by atoms with Crippen LogP contribution in [0.4, 0.5) is 0 Å². The standard InChI is InChI=1S/C22H18N6O2/c1-14-7-15(2)9-17(8-14)28-21-18(11-24-28)22(30)26(13-23-21)12-16-10-20(29)27-6-4-3-5-19(27)25-16/h3-11,13H,12H2,1-2H3. The van der Waals surface area contributed by atoms with Crippen molar-refractivity contribution in [3.05, 3.63) is 98.7 Å². The van der Waals surface area contributed by atoms with E-state index in [2.05, 4.69) is 21.1 Å². The third kappa shape index (κ3) is 2.98. The second-order valence-electron chi connectivity index (χ2n) is 7.33. The van der Waals surface area contributed by atoms with E-state index in [9.17, 15) is 9.59 Å². The molecule has 5 aromatic rings. The lowest BCUT2D eigenvalue weighted by molar-refractivity contribution is 0.724. The molecule has 5 rings (SSSR count). The highest BCUT2D eigenvalue weighted by Crippen LogP contribution is 2.17. The topological polar surface area (TPSA) is 87.1 Å². The maximum absolute atomic E-state index is 13.0. The number of rotatable bonds is 3. The lowest BCUT2D eigenvalue weighted by atomic mass is 10.1. The molecule has 0 amide bonds. The zero-order valence-corrected chi connectivity index (χ0v) is 16.5. The Morgan fingerprint density at radius 2 is 1.80 bits per heavy atom. The number of hydrogen-bond donors (Lipinski definition) is 0. The minimum absolute atomic E-state index is 0.150. The maximum atomic E-state index is 13.0. The lowest BCUT2D eigenvalue weighted by Crippen LogP contribution is -2.23. The normalized spacial score (nSPS) is 11.4. The number of benzene rings is 1. The Bertz CT molecular complexity index is 1520. The molecule has 30 heavy (non-hydrogen) atoms. The number of aromatic nitrogens is 6. The van der Waals surface area contributed by atoms with Gasteiger partial charge in [-0.05, 0) is 49.2 Å². The Hall–Kier alpha value is -4.07. The fourth-order valence-electron chi connectivity index (χ4n) is 3.68. The van der Waals surface area contributed by atoms with E-state index in [1.54, 1.807) is 23.0 Å². The lowest BCUT2D eigenvalue weighted by Gasteiger charge is -2.08. The third-order valence-corrected chi connectivity index (χ3v) is 4.96. The average molecular weight is 398 g/mol. The number of fused-ring (bicyclic) bond motifs is 2. The van der Waals surface area contributed by atoms with Crippen molar-refractivity contribution >= 4 is 16.7 Å². The molecule has 0 bridgehead atoms. The molecular formula is C22H18N6O2. The quantitative estimate of drug-likeness (QED) is 0.465. The molecule has 0 aliphatic rings. The van der Waals surface area contributed by atoms with Crippen LogP contribution >= 0.6 is 0 Å². The summed E-state index contributed by atoms with van der Waals surface area (Å²) in [6, 6.07) is 12.8. The Balaban J connectivity index is 1.58. The molecule has 4 heterocycles. The van der Waals surface area contributed by atoms with E-state index in [1.165, 1.54) is 27.6 Å². The smallest absolute Gasteiger partial charge is 0.264 e. The van der Waals surface area contributed by atoms with Crippen LogP contribution in [0.15, 0.2) is 70.8 Å². The van der Waals surface area contributed by atoms with E-state index in [0.717, 1.165) is 16.8 Å². The number of pyridine rings is 1. The summed E-state index contributed by atoms with van der Waals surface area (Å²) in [7, 11) is 0. The molecule has 148 valence electrons. The predicted molar refractivity (Wildman–Crippen MR) is 113 cm³/mol. The van der Waals surface area contributed by atoms with Crippen molar-refractivity contribution < 1.29 is 0 Å². The molecule has 1 aromatic carbocycles. The highest BCUT2D eigenvalue weighted by molar-refractivity contribution is 5.75. The SMILES string of the molecule is Cc1cc(C)cc(-n2ncc3c(=O)n(Cc4cc(=O)n5ccccc5n4)cnc32)c1. The van der Waals surface area contributed by atoms with Gasteiger partial charge in [0.2, 0.25) is 0 Å². The Morgan fingerprint density at radius 3 is 2.60 bits per heavy atom. The monoisotopic (exact) mass is 398 g/mol. The first kappa shape index (κ1) is 18.0. The van der Waals surface area contributed by atoms with Crippen LogP contribution in [0.1, 0.15) is 16.8 Å². The molecule has 0 fully saturated rings. The van der Waals surface area contributed by atoms with Crippen LogP contribution in [0.25, 0.3) is 22.4 Å². The van der Waals surface area contributed by atoms with Gasteiger partial charge in [0, 0.05) is 12.3 Å². The van der Waals surface area contributed by atoms with Crippen LogP contribution in [0.5, 0.6) is 0 Å². The summed E-state index contributed by atoms with van der Waals surface area (Å²) >= 11 is 0. The van der Waals surface area contributed by atoms with Gasteiger partial charge in [0.1, 0.15) is 17.4 Å². The Morgan fingerprint density at radius 1 is 1.00 bits per heavy atom. The van der Waals surface area contributed by atoms with Crippen molar-refractivity contribution in [2.24, 2.45) is 0 Å². The minimum Gasteiger partial charge on any atom is -0.292 e. The third-order valence-electron chi connectivity index (χ3n) is 4.96. The first-order valence-corrected chi connectivity index (χ1v) is 9.49. The van der Waals surface area contributed by atoms with Crippen LogP contribution in [-0.4, -0.2) is 28.7 Å². The molecule has 8 nitrogen and oxygen atoms in total. The summed E-state index contributed by atoms with van der Waals surface area (Å²) in [6.07, 6.45) is 4.66. The number of aryl methyl sites for hydroxylation is 2. The predicted octanol–water partition coefficient (Wildman–Crippen LogP) is 2.26. The highest BCUT2D eigenvalue weighted by Gasteiger charge is 2.13. The van der Waals surface area contributed by atoms with Crippen molar-refractivity contribution in [3.8, 4) is 5.69 Å². The number of hydrogen-bond acceptors (Lipinski definition) is 5. The van der Waals surface area contributed by atoms with Crippen molar-refractivity contribution in [1.29, 1.82) is 0 Å². The van der Waals surface area contributed by atoms with Crippen molar-refractivity contribution in [1.82, 2.24) is 28.7 Å². The first-order chi connectivity index (χ1) is 14.5. The zero-order valence-electron chi connectivity index (χ0n) is 16.5. The van der Waals surface area contributed by atoms with Crippen molar-refractivity contribution in [2.75, 3.05) is 0 Å². The molecule has 0 unspecified atom stereocenters. The summed E-state index contributed by atoms with van der Waals surface area (Å²) in [6.45, 7) is 4.18. The second kappa shape index (κ2) is 6.77. The van der Waals surface area contributed by atoms with Gasteiger partial charge in [-0.2, -0.15) is 5.10 Å². The molecular weight excluding hydrogens is 380 g/mol. The van der Waals surface area contributed by atoms with E-state index in [4.69, 9.17) is 0 Å². The molecule has 4 aromatic heterocycles. The molecule has 0 saturated heterocycles.